The van der Waals surface area contributed by atoms with Gasteiger partial charge in [0.1, 0.15) is 5.58 Å². The molecule has 0 N–H and O–H groups in total. The zero-order chi connectivity index (χ0) is 42.6. The molecule has 4 aromatic heterocycles. The number of rotatable bonds is 6. The smallest absolute Gasteiger partial charge is 0.185 e. The van der Waals surface area contributed by atoms with E-state index in [0.29, 0.717) is 0 Å². The summed E-state index contributed by atoms with van der Waals surface area (Å²) in [4.78, 5) is 0. The van der Waals surface area contributed by atoms with Crippen LogP contribution in [0.25, 0.3) is 97.1 Å². The summed E-state index contributed by atoms with van der Waals surface area (Å²) in [5, 5.41) is 15.0. The van der Waals surface area contributed by atoms with Gasteiger partial charge in [-0.2, -0.15) is 0 Å². The molecule has 0 fully saturated rings. The average Bonchev–Trinajstić information content (AvgIpc) is 4.14. The highest BCUT2D eigenvalue weighted by Gasteiger charge is 2.45. The van der Waals surface area contributed by atoms with Crippen LogP contribution in [0.15, 0.2) is 235 Å². The second-order valence-electron chi connectivity index (χ2n) is 17.1. The lowest BCUT2D eigenvalue weighted by molar-refractivity contribution is 0.668. The minimum atomic E-state index is -3.19. The van der Waals surface area contributed by atoms with Crippen molar-refractivity contribution in [3.63, 3.8) is 0 Å². The SMILES string of the molecule is c1ccc([Si](c2ccccc2)(c2cccc3c2oc2c(-n4c5ccccc5c5ccccc54)cccc23)c2cccc3c2sc2c(-n4c5ccccc5c5ccccc54)cccc23)cc1. The molecule has 0 amide bonds. The van der Waals surface area contributed by atoms with E-state index in [-0.39, 0.29) is 0 Å². The van der Waals surface area contributed by atoms with Crippen LogP contribution in [-0.4, -0.2) is 17.2 Å². The largest absolute Gasteiger partial charge is 0.454 e. The first kappa shape index (κ1) is 36.5. The van der Waals surface area contributed by atoms with Crippen molar-refractivity contribution in [2.24, 2.45) is 0 Å². The maximum absolute atomic E-state index is 7.54. The van der Waals surface area contributed by atoms with Crippen molar-refractivity contribution in [1.82, 2.24) is 9.13 Å². The van der Waals surface area contributed by atoms with Crippen LogP contribution in [0.2, 0.25) is 0 Å². The van der Waals surface area contributed by atoms with Crippen molar-refractivity contribution < 1.29 is 4.42 Å². The first-order valence-electron chi connectivity index (χ1n) is 22.3. The number of thiophene rings is 1. The quantitative estimate of drug-likeness (QED) is 0.121. The lowest BCUT2D eigenvalue weighted by Crippen LogP contribution is -2.74. The Morgan fingerprint density at radius 2 is 0.677 bits per heavy atom. The van der Waals surface area contributed by atoms with Crippen LogP contribution in [-0.2, 0) is 0 Å². The number of para-hydroxylation sites is 6. The van der Waals surface area contributed by atoms with E-state index in [0.717, 1.165) is 38.7 Å². The summed E-state index contributed by atoms with van der Waals surface area (Å²) in [7, 11) is -3.19. The third kappa shape index (κ3) is 5.05. The molecule has 0 aliphatic carbocycles. The maximum Gasteiger partial charge on any atom is 0.185 e. The van der Waals surface area contributed by atoms with Gasteiger partial charge in [0, 0.05) is 47.8 Å². The predicted molar refractivity (Wildman–Crippen MR) is 279 cm³/mol. The molecule has 65 heavy (non-hydrogen) atoms. The average molecular weight is 863 g/mol. The van der Waals surface area contributed by atoms with Crippen LogP contribution >= 0.6 is 11.3 Å². The molecule has 0 bridgehead atoms. The third-order valence-electron chi connectivity index (χ3n) is 13.9. The molecule has 304 valence electrons. The zero-order valence-electron chi connectivity index (χ0n) is 35.2. The highest BCUT2D eigenvalue weighted by Crippen LogP contribution is 2.42. The summed E-state index contributed by atoms with van der Waals surface area (Å²) in [6, 6.07) is 85.1. The minimum absolute atomic E-state index is 0.890. The summed E-state index contributed by atoms with van der Waals surface area (Å²) in [6.07, 6.45) is 0. The van der Waals surface area contributed by atoms with E-state index in [1.54, 1.807) is 0 Å². The highest BCUT2D eigenvalue weighted by molar-refractivity contribution is 7.31. The van der Waals surface area contributed by atoms with Crippen LogP contribution in [0.4, 0.5) is 0 Å². The molecule has 5 heteroatoms. The van der Waals surface area contributed by atoms with Gasteiger partial charge in [0.05, 0.1) is 38.1 Å². The van der Waals surface area contributed by atoms with Crippen LogP contribution < -0.4 is 20.7 Å². The van der Waals surface area contributed by atoms with E-state index in [1.807, 2.05) is 11.3 Å². The Labute approximate surface area is 379 Å². The first-order chi connectivity index (χ1) is 32.3. The van der Waals surface area contributed by atoms with Crippen molar-refractivity contribution >= 4 is 126 Å². The Kier molecular flexibility index (Phi) is 7.87. The molecule has 0 aliphatic heterocycles. The highest BCUT2D eigenvalue weighted by atomic mass is 32.1. The van der Waals surface area contributed by atoms with Crippen molar-refractivity contribution in [2.75, 3.05) is 0 Å². The minimum Gasteiger partial charge on any atom is -0.454 e. The van der Waals surface area contributed by atoms with E-state index in [1.165, 1.54) is 79.2 Å². The fraction of sp³-hybridized carbons (Fsp3) is 0. The predicted octanol–water partition coefficient (Wildman–Crippen LogP) is 13.5. The van der Waals surface area contributed by atoms with Gasteiger partial charge in [-0.15, -0.1) is 11.3 Å². The molecule has 4 heterocycles. The number of fused-ring (bicyclic) bond motifs is 12. The fourth-order valence-electron chi connectivity index (χ4n) is 11.2. The van der Waals surface area contributed by atoms with Gasteiger partial charge in [0.25, 0.3) is 0 Å². The molecule has 14 aromatic rings. The maximum atomic E-state index is 7.54. The number of furan rings is 1. The van der Waals surface area contributed by atoms with Gasteiger partial charge in [-0.25, -0.2) is 0 Å². The Bertz CT molecular complexity index is 3820. The molecule has 3 nitrogen and oxygen atoms in total. The van der Waals surface area contributed by atoms with Gasteiger partial charge in [0.2, 0.25) is 0 Å². The Morgan fingerprint density at radius 1 is 0.292 bits per heavy atom. The van der Waals surface area contributed by atoms with E-state index in [4.69, 9.17) is 4.42 Å². The molecule has 0 unspecified atom stereocenters. The van der Waals surface area contributed by atoms with E-state index >= 15 is 0 Å². The molecule has 14 rings (SSSR count). The van der Waals surface area contributed by atoms with Crippen molar-refractivity contribution in [2.45, 2.75) is 0 Å². The lowest BCUT2D eigenvalue weighted by Gasteiger charge is -2.34. The molecule has 0 radical (unpaired) electrons. The van der Waals surface area contributed by atoms with Crippen molar-refractivity contribution in [3.8, 4) is 11.4 Å². The molecule has 10 aromatic carbocycles. The van der Waals surface area contributed by atoms with Gasteiger partial charge in [-0.1, -0.05) is 194 Å². The normalized spacial score (nSPS) is 12.3. The van der Waals surface area contributed by atoms with Gasteiger partial charge >= 0.3 is 0 Å². The van der Waals surface area contributed by atoms with Crippen LogP contribution in [0.3, 0.4) is 0 Å². The van der Waals surface area contributed by atoms with Crippen LogP contribution in [0.5, 0.6) is 0 Å². The Balaban J connectivity index is 1.10. The topological polar surface area (TPSA) is 23.0 Å². The second kappa shape index (κ2) is 14.0. The van der Waals surface area contributed by atoms with Gasteiger partial charge in [0.15, 0.2) is 13.7 Å². The van der Waals surface area contributed by atoms with Gasteiger partial charge in [-0.3, -0.25) is 0 Å². The number of hydrogen-bond donors (Lipinski definition) is 0. The second-order valence-corrected chi connectivity index (χ2v) is 21.9. The number of benzene rings is 10. The van der Waals surface area contributed by atoms with Crippen molar-refractivity contribution in [1.29, 1.82) is 0 Å². The van der Waals surface area contributed by atoms with E-state index in [2.05, 4.69) is 240 Å². The summed E-state index contributed by atoms with van der Waals surface area (Å²) in [5.41, 5.74) is 8.84. The fourth-order valence-corrected chi connectivity index (χ4v) is 18.0. The van der Waals surface area contributed by atoms with Crippen molar-refractivity contribution in [3.05, 3.63) is 231 Å². The molecular weight excluding hydrogens is 825 g/mol. The third-order valence-corrected chi connectivity index (χ3v) is 20.2. The first-order valence-corrected chi connectivity index (χ1v) is 25.1. The molecule has 0 saturated carbocycles. The van der Waals surface area contributed by atoms with Gasteiger partial charge in [-0.05, 0) is 57.1 Å². The molecule has 0 spiro atoms. The van der Waals surface area contributed by atoms with Crippen LogP contribution in [0.1, 0.15) is 0 Å². The number of hydrogen-bond acceptors (Lipinski definition) is 2. The summed E-state index contributed by atoms with van der Waals surface area (Å²) in [5.74, 6) is 0. The van der Waals surface area contributed by atoms with Gasteiger partial charge < -0.3 is 13.6 Å². The monoisotopic (exact) mass is 862 g/mol. The number of nitrogens with zero attached hydrogens (tertiary/aromatic N) is 2. The summed E-state index contributed by atoms with van der Waals surface area (Å²) in [6.45, 7) is 0. The molecular formula is C60H38N2OSSi. The summed E-state index contributed by atoms with van der Waals surface area (Å²) < 4.78 is 15.0. The standard InChI is InChI=1S/C60H38N2OSSi/c1-3-19-39(20-4-1)65(40-21-5-2-6-22-40,55-37-17-28-46-45-27-15-35-53(57(45)63-58(46)55)61-49-31-11-7-23-41(49)42-24-8-12-32-50(42)61)56-38-18-30-48-47-29-16-36-54(59(47)64-60(48)56)62-51-33-13-9-25-43(51)44-26-10-14-34-52(44)62/h1-38H. The summed E-state index contributed by atoms with van der Waals surface area (Å²) >= 11 is 1.93. The molecule has 0 saturated heterocycles. The number of aromatic nitrogens is 2. The molecule has 0 aliphatic rings. The van der Waals surface area contributed by atoms with Crippen LogP contribution in [0, 0.1) is 0 Å². The Hall–Kier alpha value is -7.96. The molecule has 0 atom stereocenters. The van der Waals surface area contributed by atoms with E-state index < -0.39 is 8.07 Å². The van der Waals surface area contributed by atoms with E-state index in [9.17, 15) is 0 Å². The zero-order valence-corrected chi connectivity index (χ0v) is 37.0. The lowest BCUT2D eigenvalue weighted by atomic mass is 10.1. The Morgan fingerprint density at radius 3 is 1.22 bits per heavy atom.